The molecule has 0 aromatic heterocycles. The van der Waals surface area contributed by atoms with Gasteiger partial charge in [-0.3, -0.25) is 0 Å². The van der Waals surface area contributed by atoms with Crippen molar-refractivity contribution >= 4 is 0 Å². The Morgan fingerprint density at radius 3 is 2.61 bits per heavy atom. The molecule has 0 radical (unpaired) electrons. The van der Waals surface area contributed by atoms with E-state index in [4.69, 9.17) is 9.47 Å². The molecule has 2 unspecified atom stereocenters. The smallest absolute Gasteiger partial charge is 0.119 e. The van der Waals surface area contributed by atoms with Gasteiger partial charge in [0, 0.05) is 0 Å². The second kappa shape index (κ2) is 11.0. The summed E-state index contributed by atoms with van der Waals surface area (Å²) in [6.45, 7) is 7.56. The van der Waals surface area contributed by atoms with E-state index in [1.165, 1.54) is 63.4 Å². The molecule has 28 heavy (non-hydrogen) atoms. The lowest BCUT2D eigenvalue weighted by Gasteiger charge is -2.35. The second-order valence-corrected chi connectivity index (χ2v) is 9.09. The lowest BCUT2D eigenvalue weighted by Crippen LogP contribution is -2.30. The van der Waals surface area contributed by atoms with Gasteiger partial charge in [0.05, 0.1) is 18.8 Å². The van der Waals surface area contributed by atoms with Gasteiger partial charge in [0.2, 0.25) is 0 Å². The van der Waals surface area contributed by atoms with Gasteiger partial charge in [0.25, 0.3) is 0 Å². The zero-order valence-corrected chi connectivity index (χ0v) is 18.3. The van der Waals surface area contributed by atoms with E-state index in [0.717, 1.165) is 30.6 Å². The summed E-state index contributed by atoms with van der Waals surface area (Å²) in [6, 6.07) is 8.33. The maximum absolute atomic E-state index is 6.48. The Kier molecular flexibility index (Phi) is 8.45. The molecule has 2 atom stereocenters. The average Bonchev–Trinajstić information content (AvgIpc) is 2.69. The van der Waals surface area contributed by atoms with Crippen LogP contribution in [0, 0.1) is 18.8 Å². The lowest BCUT2D eigenvalue weighted by molar-refractivity contribution is -0.0566. The molecule has 2 aliphatic carbocycles. The first-order valence-corrected chi connectivity index (χ1v) is 11.7. The molecule has 1 aromatic carbocycles. The highest BCUT2D eigenvalue weighted by atomic mass is 16.5. The quantitative estimate of drug-likeness (QED) is 0.347. The maximum atomic E-state index is 6.48. The summed E-state index contributed by atoms with van der Waals surface area (Å²) >= 11 is 0. The third kappa shape index (κ3) is 6.65. The van der Waals surface area contributed by atoms with Gasteiger partial charge < -0.3 is 9.47 Å². The molecule has 0 saturated heterocycles. The van der Waals surface area contributed by atoms with E-state index in [2.05, 4.69) is 45.0 Å². The Hall–Kier alpha value is -1.28. The van der Waals surface area contributed by atoms with Crippen molar-refractivity contribution in [3.05, 3.63) is 41.5 Å². The van der Waals surface area contributed by atoms with E-state index in [-0.39, 0.29) is 0 Å². The van der Waals surface area contributed by atoms with E-state index in [9.17, 15) is 0 Å². The van der Waals surface area contributed by atoms with Crippen LogP contribution in [0.2, 0.25) is 0 Å². The monoisotopic (exact) mass is 384 g/mol. The van der Waals surface area contributed by atoms with Crippen LogP contribution in [0.5, 0.6) is 5.75 Å². The molecular formula is C26H40O2. The standard InChI is InChI=1S/C26H40O2/c1-4-22(10-7-17-27-25-11-5-8-20(2)18-25)23-13-15-24(16-14-23)28-26-12-6-9-21(3)19-26/h5,8,10-11,18,21,23-24,26H,4,6-7,9,12-17,19H2,1-3H3/b22-10+. The summed E-state index contributed by atoms with van der Waals surface area (Å²) in [4.78, 5) is 0. The van der Waals surface area contributed by atoms with Crippen molar-refractivity contribution in [2.24, 2.45) is 11.8 Å². The van der Waals surface area contributed by atoms with Gasteiger partial charge in [-0.05, 0) is 87.8 Å². The van der Waals surface area contributed by atoms with Gasteiger partial charge in [-0.25, -0.2) is 0 Å². The molecule has 2 heteroatoms. The van der Waals surface area contributed by atoms with Crippen molar-refractivity contribution < 1.29 is 9.47 Å². The molecule has 2 aliphatic rings. The van der Waals surface area contributed by atoms with Crippen molar-refractivity contribution in [1.82, 2.24) is 0 Å². The summed E-state index contributed by atoms with van der Waals surface area (Å²) in [5.74, 6) is 2.60. The zero-order chi connectivity index (χ0) is 19.8. The van der Waals surface area contributed by atoms with Crippen molar-refractivity contribution in [3.8, 4) is 5.75 Å². The molecule has 0 amide bonds. The fraction of sp³-hybridized carbons (Fsp3) is 0.692. The minimum absolute atomic E-state index is 0.509. The Labute approximate surface area is 172 Å². The second-order valence-electron chi connectivity index (χ2n) is 9.09. The Morgan fingerprint density at radius 2 is 1.89 bits per heavy atom. The number of hydrogen-bond acceptors (Lipinski definition) is 2. The molecular weight excluding hydrogens is 344 g/mol. The first-order valence-electron chi connectivity index (χ1n) is 11.7. The zero-order valence-electron chi connectivity index (χ0n) is 18.3. The predicted octanol–water partition coefficient (Wildman–Crippen LogP) is 7.25. The molecule has 2 fully saturated rings. The number of hydrogen-bond donors (Lipinski definition) is 0. The Balaban J connectivity index is 1.39. The van der Waals surface area contributed by atoms with Crippen LogP contribution < -0.4 is 4.74 Å². The SMILES string of the molecule is CC/C(=C\CCOc1cccc(C)c1)C1CCC(OC2CCCC(C)C2)CC1. The van der Waals surface area contributed by atoms with Crippen LogP contribution in [0.15, 0.2) is 35.9 Å². The number of aryl methyl sites for hydroxylation is 1. The first-order chi connectivity index (χ1) is 13.6. The summed E-state index contributed by atoms with van der Waals surface area (Å²) in [5, 5.41) is 0. The molecule has 1 aromatic rings. The predicted molar refractivity (Wildman–Crippen MR) is 118 cm³/mol. The van der Waals surface area contributed by atoms with E-state index in [1.54, 1.807) is 5.57 Å². The lowest BCUT2D eigenvalue weighted by atomic mass is 9.80. The van der Waals surface area contributed by atoms with E-state index in [0.29, 0.717) is 12.2 Å². The largest absolute Gasteiger partial charge is 0.493 e. The van der Waals surface area contributed by atoms with Crippen molar-refractivity contribution in [2.75, 3.05) is 6.61 Å². The normalized spacial score (nSPS) is 28.9. The van der Waals surface area contributed by atoms with Crippen LogP contribution in [0.3, 0.4) is 0 Å². The highest BCUT2D eigenvalue weighted by Gasteiger charge is 2.27. The number of rotatable bonds is 8. The van der Waals surface area contributed by atoms with Gasteiger partial charge in [-0.2, -0.15) is 0 Å². The van der Waals surface area contributed by atoms with E-state index >= 15 is 0 Å². The summed E-state index contributed by atoms with van der Waals surface area (Å²) in [6.07, 6.45) is 16.1. The van der Waals surface area contributed by atoms with Crippen LogP contribution in [-0.4, -0.2) is 18.8 Å². The molecule has 2 nitrogen and oxygen atoms in total. The minimum Gasteiger partial charge on any atom is -0.493 e. The van der Waals surface area contributed by atoms with Crippen LogP contribution in [0.1, 0.15) is 83.6 Å². The number of ether oxygens (including phenoxy) is 2. The van der Waals surface area contributed by atoms with Gasteiger partial charge in [-0.15, -0.1) is 0 Å². The Bertz CT molecular complexity index is 613. The summed E-state index contributed by atoms with van der Waals surface area (Å²) < 4.78 is 12.4. The number of allylic oxidation sites excluding steroid dienone is 1. The average molecular weight is 385 g/mol. The van der Waals surface area contributed by atoms with Crippen LogP contribution in [0.25, 0.3) is 0 Å². The summed E-state index contributed by atoms with van der Waals surface area (Å²) in [5.41, 5.74) is 2.89. The van der Waals surface area contributed by atoms with Gasteiger partial charge >= 0.3 is 0 Å². The molecule has 2 saturated carbocycles. The van der Waals surface area contributed by atoms with E-state index in [1.807, 2.05) is 6.07 Å². The third-order valence-corrected chi connectivity index (χ3v) is 6.66. The van der Waals surface area contributed by atoms with Crippen molar-refractivity contribution in [3.63, 3.8) is 0 Å². The van der Waals surface area contributed by atoms with Gasteiger partial charge in [-0.1, -0.05) is 50.5 Å². The topological polar surface area (TPSA) is 18.5 Å². The molecule has 3 rings (SSSR count). The van der Waals surface area contributed by atoms with Crippen molar-refractivity contribution in [1.29, 1.82) is 0 Å². The molecule has 0 N–H and O–H groups in total. The van der Waals surface area contributed by atoms with Crippen LogP contribution in [-0.2, 0) is 4.74 Å². The van der Waals surface area contributed by atoms with Crippen LogP contribution in [0.4, 0.5) is 0 Å². The minimum atomic E-state index is 0.509. The van der Waals surface area contributed by atoms with Gasteiger partial charge in [0.15, 0.2) is 0 Å². The molecule has 0 aliphatic heterocycles. The highest BCUT2D eigenvalue weighted by Crippen LogP contribution is 2.35. The molecule has 156 valence electrons. The number of benzene rings is 1. The fourth-order valence-electron chi connectivity index (χ4n) is 5.07. The van der Waals surface area contributed by atoms with E-state index < -0.39 is 0 Å². The van der Waals surface area contributed by atoms with Crippen molar-refractivity contribution in [2.45, 2.75) is 97.2 Å². The fourth-order valence-corrected chi connectivity index (χ4v) is 5.07. The molecule has 0 heterocycles. The van der Waals surface area contributed by atoms with Crippen LogP contribution >= 0.6 is 0 Å². The molecule has 0 spiro atoms. The Morgan fingerprint density at radius 1 is 1.07 bits per heavy atom. The molecule has 0 bridgehead atoms. The van der Waals surface area contributed by atoms with Gasteiger partial charge in [0.1, 0.15) is 5.75 Å². The highest BCUT2D eigenvalue weighted by molar-refractivity contribution is 5.27. The maximum Gasteiger partial charge on any atom is 0.119 e. The summed E-state index contributed by atoms with van der Waals surface area (Å²) in [7, 11) is 0. The first kappa shape index (κ1) is 21.4. The third-order valence-electron chi connectivity index (χ3n) is 6.66.